The molecule has 0 saturated carbocycles. The van der Waals surface area contributed by atoms with Crippen LogP contribution in [0.15, 0.2) is 48.6 Å². The lowest BCUT2D eigenvalue weighted by atomic mass is 9.96. The molecule has 1 aromatic carbocycles. The summed E-state index contributed by atoms with van der Waals surface area (Å²) in [5.74, 6) is -2.98. The van der Waals surface area contributed by atoms with Crippen molar-refractivity contribution in [3.8, 4) is 5.75 Å². The molecule has 2 atom stereocenters. The molecule has 0 amide bonds. The highest BCUT2D eigenvalue weighted by atomic mass is 16.6. The third-order valence-corrected chi connectivity index (χ3v) is 10.8. The first-order valence-electron chi connectivity index (χ1n) is 23.9. The number of esters is 3. The van der Waals surface area contributed by atoms with Crippen molar-refractivity contribution in [2.75, 3.05) is 20.3 Å². The third-order valence-electron chi connectivity index (χ3n) is 10.8. The van der Waals surface area contributed by atoms with Gasteiger partial charge in [-0.25, -0.2) is 0 Å². The number of carbonyl (C=O) groups excluding carboxylic acids is 3. The molecule has 9 nitrogen and oxygen atoms in total. The van der Waals surface area contributed by atoms with E-state index in [0.717, 1.165) is 76.2 Å². The summed E-state index contributed by atoms with van der Waals surface area (Å²) in [5.41, 5.74) is 0.756. The fraction of sp³-hybridized carbons (Fsp3) is 0.725. The standard InChI is InChI=1S/C51H84O9/c1-4-6-8-10-12-14-16-18-20-22-24-26-28-30-32-34-49(54)58-42-47(43-59-51(56)45(41-48(52)53)40-44-36-38-46(57-3)39-37-44)60-50(55)35-33-31-29-27-25-23-21-19-17-15-13-11-9-7-5-2/h18-21,36-39,45,47H,4-17,22-35,40-43H2,1-3H3,(H,52,53)/b20-18-,21-19-. The van der Waals surface area contributed by atoms with Gasteiger partial charge in [0.25, 0.3) is 0 Å². The molecular formula is C51H84O9. The van der Waals surface area contributed by atoms with E-state index in [1.807, 2.05) is 0 Å². The minimum atomic E-state index is -1.13. The molecule has 1 N–H and O–H groups in total. The average Bonchev–Trinajstić information content (AvgIpc) is 3.24. The van der Waals surface area contributed by atoms with Gasteiger partial charge in [0.15, 0.2) is 6.10 Å². The zero-order chi connectivity index (χ0) is 43.7. The molecule has 0 spiro atoms. The van der Waals surface area contributed by atoms with Crippen molar-refractivity contribution in [3.63, 3.8) is 0 Å². The van der Waals surface area contributed by atoms with E-state index in [9.17, 15) is 24.3 Å². The fourth-order valence-corrected chi connectivity index (χ4v) is 7.09. The highest BCUT2D eigenvalue weighted by molar-refractivity contribution is 5.79. The second kappa shape index (κ2) is 39.5. The van der Waals surface area contributed by atoms with E-state index in [2.05, 4.69) is 38.2 Å². The van der Waals surface area contributed by atoms with Gasteiger partial charge in [0, 0.05) is 12.8 Å². The Hall–Kier alpha value is -3.62. The molecule has 1 aromatic rings. The van der Waals surface area contributed by atoms with Gasteiger partial charge in [-0.2, -0.15) is 0 Å². The van der Waals surface area contributed by atoms with Crippen LogP contribution in [0.5, 0.6) is 5.75 Å². The number of ether oxygens (including phenoxy) is 4. The zero-order valence-corrected chi connectivity index (χ0v) is 38.1. The number of hydrogen-bond acceptors (Lipinski definition) is 8. The van der Waals surface area contributed by atoms with Crippen molar-refractivity contribution in [1.29, 1.82) is 0 Å². The molecule has 0 bridgehead atoms. The average molecular weight is 841 g/mol. The molecule has 9 heteroatoms. The van der Waals surface area contributed by atoms with Crippen molar-refractivity contribution < 1.29 is 43.2 Å². The van der Waals surface area contributed by atoms with Crippen molar-refractivity contribution in [1.82, 2.24) is 0 Å². The topological polar surface area (TPSA) is 125 Å². The monoisotopic (exact) mass is 841 g/mol. The van der Waals surface area contributed by atoms with Crippen LogP contribution in [0, 0.1) is 5.92 Å². The van der Waals surface area contributed by atoms with Gasteiger partial charge in [0.2, 0.25) is 0 Å². The summed E-state index contributed by atoms with van der Waals surface area (Å²) in [6.07, 6.45) is 38.6. The predicted octanol–water partition coefficient (Wildman–Crippen LogP) is 13.4. The summed E-state index contributed by atoms with van der Waals surface area (Å²) in [4.78, 5) is 50.3. The number of benzene rings is 1. The minimum absolute atomic E-state index is 0.153. The van der Waals surface area contributed by atoms with Crippen LogP contribution in [0.1, 0.15) is 206 Å². The van der Waals surface area contributed by atoms with Gasteiger partial charge >= 0.3 is 23.9 Å². The van der Waals surface area contributed by atoms with Gasteiger partial charge in [-0.1, -0.05) is 153 Å². The summed E-state index contributed by atoms with van der Waals surface area (Å²) >= 11 is 0. The van der Waals surface area contributed by atoms with E-state index < -0.39 is 36.4 Å². The quantitative estimate of drug-likeness (QED) is 0.0297. The Morgan fingerprint density at radius 1 is 0.550 bits per heavy atom. The normalized spacial score (nSPS) is 12.4. The van der Waals surface area contributed by atoms with E-state index in [4.69, 9.17) is 18.9 Å². The van der Waals surface area contributed by atoms with Crippen LogP contribution >= 0.6 is 0 Å². The Morgan fingerprint density at radius 2 is 0.967 bits per heavy atom. The van der Waals surface area contributed by atoms with Crippen LogP contribution in [-0.4, -0.2) is 55.4 Å². The van der Waals surface area contributed by atoms with E-state index in [-0.39, 0.29) is 38.4 Å². The summed E-state index contributed by atoms with van der Waals surface area (Å²) < 4.78 is 21.9. The summed E-state index contributed by atoms with van der Waals surface area (Å²) in [5, 5.41) is 9.51. The van der Waals surface area contributed by atoms with Gasteiger partial charge in [-0.05, 0) is 88.3 Å². The zero-order valence-electron chi connectivity index (χ0n) is 38.1. The Bertz CT molecular complexity index is 1270. The smallest absolute Gasteiger partial charge is 0.309 e. The van der Waals surface area contributed by atoms with Crippen LogP contribution in [-0.2, 0) is 39.8 Å². The number of carbonyl (C=O) groups is 4. The number of carboxylic acid groups (broad SMARTS) is 1. The lowest BCUT2D eigenvalue weighted by molar-refractivity contribution is -0.169. The Morgan fingerprint density at radius 3 is 1.42 bits per heavy atom. The molecule has 0 aromatic heterocycles. The Labute approximate surface area is 364 Å². The van der Waals surface area contributed by atoms with Gasteiger partial charge in [0.1, 0.15) is 19.0 Å². The third kappa shape index (κ3) is 33.1. The van der Waals surface area contributed by atoms with Crippen molar-refractivity contribution in [2.45, 2.75) is 213 Å². The van der Waals surface area contributed by atoms with Gasteiger partial charge in [-0.15, -0.1) is 0 Å². The maximum Gasteiger partial charge on any atom is 0.309 e. The van der Waals surface area contributed by atoms with Gasteiger partial charge in [0.05, 0.1) is 19.4 Å². The first kappa shape index (κ1) is 54.4. The van der Waals surface area contributed by atoms with Gasteiger partial charge in [-0.3, -0.25) is 19.2 Å². The first-order chi connectivity index (χ1) is 29.3. The number of carboxylic acids is 1. The molecule has 0 fully saturated rings. The lowest BCUT2D eigenvalue weighted by Gasteiger charge is -2.20. The molecule has 0 saturated heterocycles. The molecule has 1 rings (SSSR count). The molecule has 0 aliphatic carbocycles. The molecule has 342 valence electrons. The van der Waals surface area contributed by atoms with Crippen molar-refractivity contribution >= 4 is 23.9 Å². The van der Waals surface area contributed by atoms with E-state index >= 15 is 0 Å². The van der Waals surface area contributed by atoms with Gasteiger partial charge < -0.3 is 24.1 Å². The molecule has 60 heavy (non-hydrogen) atoms. The summed E-state index contributed by atoms with van der Waals surface area (Å²) in [6, 6.07) is 7.04. The van der Waals surface area contributed by atoms with Crippen LogP contribution in [0.25, 0.3) is 0 Å². The van der Waals surface area contributed by atoms with Crippen LogP contribution < -0.4 is 4.74 Å². The minimum Gasteiger partial charge on any atom is -0.497 e. The molecule has 0 radical (unpaired) electrons. The second-order valence-electron chi connectivity index (χ2n) is 16.4. The lowest BCUT2D eigenvalue weighted by Crippen LogP contribution is -2.33. The van der Waals surface area contributed by atoms with Crippen molar-refractivity contribution in [3.05, 3.63) is 54.1 Å². The SMILES string of the molecule is CCCCCCCC/C=C\CCCCCCCC(=O)OCC(COC(=O)C(CC(=O)O)Cc1ccc(OC)cc1)OC(=O)CCCCCCC/C=C\CCCCCCCC. The molecular weight excluding hydrogens is 757 g/mol. The molecule has 0 heterocycles. The number of allylic oxidation sites excluding steroid dienone is 4. The molecule has 0 aliphatic heterocycles. The predicted molar refractivity (Wildman–Crippen MR) is 243 cm³/mol. The number of unbranched alkanes of at least 4 members (excludes halogenated alkanes) is 22. The summed E-state index contributed by atoms with van der Waals surface area (Å²) in [6.45, 7) is 3.92. The Balaban J connectivity index is 2.50. The number of aliphatic carboxylic acids is 1. The van der Waals surface area contributed by atoms with E-state index in [0.29, 0.717) is 18.6 Å². The maximum absolute atomic E-state index is 13.2. The highest BCUT2D eigenvalue weighted by Crippen LogP contribution is 2.19. The second-order valence-corrected chi connectivity index (χ2v) is 16.4. The summed E-state index contributed by atoms with van der Waals surface area (Å²) in [7, 11) is 1.55. The fourth-order valence-electron chi connectivity index (χ4n) is 7.09. The van der Waals surface area contributed by atoms with Crippen LogP contribution in [0.4, 0.5) is 0 Å². The van der Waals surface area contributed by atoms with Crippen LogP contribution in [0.3, 0.4) is 0 Å². The van der Waals surface area contributed by atoms with Crippen LogP contribution in [0.2, 0.25) is 0 Å². The largest absolute Gasteiger partial charge is 0.497 e. The maximum atomic E-state index is 13.2. The number of rotatable bonds is 41. The Kier molecular flexibility index (Phi) is 35.8. The molecule has 2 unspecified atom stereocenters. The first-order valence-corrected chi connectivity index (χ1v) is 23.9. The van der Waals surface area contributed by atoms with E-state index in [1.54, 1.807) is 31.4 Å². The number of hydrogen-bond donors (Lipinski definition) is 1. The van der Waals surface area contributed by atoms with Crippen molar-refractivity contribution in [2.24, 2.45) is 5.92 Å². The van der Waals surface area contributed by atoms with E-state index in [1.165, 1.54) is 83.5 Å². The number of methoxy groups -OCH3 is 1. The highest BCUT2D eigenvalue weighted by Gasteiger charge is 2.26. The molecule has 0 aliphatic rings.